The summed E-state index contributed by atoms with van der Waals surface area (Å²) in [6.07, 6.45) is -4.34. The van der Waals surface area contributed by atoms with E-state index in [-0.39, 0.29) is 35.6 Å². The van der Waals surface area contributed by atoms with Crippen LogP contribution in [0.3, 0.4) is 0 Å². The number of hydrogen-bond acceptors (Lipinski definition) is 5. The summed E-state index contributed by atoms with van der Waals surface area (Å²) in [6.45, 7) is 0.123. The Labute approximate surface area is 190 Å². The first-order valence-corrected chi connectivity index (χ1v) is 10.2. The van der Waals surface area contributed by atoms with Gasteiger partial charge in [0.05, 0.1) is 17.4 Å². The molecule has 2 aromatic carbocycles. The van der Waals surface area contributed by atoms with Gasteiger partial charge in [0.25, 0.3) is 5.91 Å². The zero-order valence-corrected chi connectivity index (χ0v) is 17.6. The normalized spacial score (nSPS) is 12.6. The number of nitrogens with zero attached hydrogens (tertiary/aromatic N) is 3. The van der Waals surface area contributed by atoms with Gasteiger partial charge in [-0.05, 0) is 42.3 Å². The first-order valence-electron chi connectivity index (χ1n) is 10.2. The molecule has 2 heterocycles. The summed E-state index contributed by atoms with van der Waals surface area (Å²) in [5.41, 5.74) is 5.47. The van der Waals surface area contributed by atoms with E-state index in [1.54, 1.807) is 6.07 Å². The van der Waals surface area contributed by atoms with Crippen molar-refractivity contribution < 1.29 is 27.5 Å². The second kappa shape index (κ2) is 9.10. The Balaban J connectivity index is 1.53. The monoisotopic (exact) mass is 473 g/mol. The van der Waals surface area contributed by atoms with Gasteiger partial charge in [-0.3, -0.25) is 4.79 Å². The zero-order valence-electron chi connectivity index (χ0n) is 17.6. The van der Waals surface area contributed by atoms with Crippen LogP contribution in [0.25, 0.3) is 16.8 Å². The summed E-state index contributed by atoms with van der Waals surface area (Å²) >= 11 is 0. The first kappa shape index (κ1) is 23.2. The number of nitrogens with two attached hydrogens (primary N) is 1. The van der Waals surface area contributed by atoms with Crippen LogP contribution in [-0.4, -0.2) is 32.2 Å². The maximum absolute atomic E-state index is 13.6. The summed E-state index contributed by atoms with van der Waals surface area (Å²) < 4.78 is 54.7. The lowest BCUT2D eigenvalue weighted by molar-refractivity contribution is -0.136. The van der Waals surface area contributed by atoms with Crippen LogP contribution in [0.15, 0.2) is 60.9 Å². The van der Waals surface area contributed by atoms with E-state index in [0.29, 0.717) is 11.1 Å². The minimum Gasteiger partial charge on any atom is -0.388 e. The lowest BCUT2D eigenvalue weighted by Crippen LogP contribution is -2.25. The van der Waals surface area contributed by atoms with Crippen LogP contribution in [0, 0.1) is 5.82 Å². The van der Waals surface area contributed by atoms with Crippen molar-refractivity contribution >= 4 is 17.2 Å². The van der Waals surface area contributed by atoms with Crippen LogP contribution in [-0.2, 0) is 6.18 Å². The van der Waals surface area contributed by atoms with Crippen molar-refractivity contribution in [2.75, 3.05) is 12.3 Å². The van der Waals surface area contributed by atoms with E-state index in [1.165, 1.54) is 42.5 Å². The van der Waals surface area contributed by atoms with E-state index in [9.17, 15) is 27.5 Å². The molecular formula is C23H19F4N5O2. The summed E-state index contributed by atoms with van der Waals surface area (Å²) in [5, 5.41) is 16.8. The molecule has 4 N–H and O–H groups in total. The van der Waals surface area contributed by atoms with Crippen molar-refractivity contribution in [3.05, 3.63) is 83.4 Å². The van der Waals surface area contributed by atoms with Gasteiger partial charge in [0.2, 0.25) is 0 Å². The van der Waals surface area contributed by atoms with Gasteiger partial charge in [0.1, 0.15) is 17.7 Å². The highest BCUT2D eigenvalue weighted by molar-refractivity contribution is 5.95. The Bertz CT molecular complexity index is 1340. The summed E-state index contributed by atoms with van der Waals surface area (Å²) in [6, 6.07) is 12.3. The number of alkyl halides is 3. The second-order valence-electron chi connectivity index (χ2n) is 7.54. The van der Waals surface area contributed by atoms with E-state index in [1.807, 2.05) is 0 Å². The van der Waals surface area contributed by atoms with E-state index in [0.717, 1.165) is 16.9 Å². The van der Waals surface area contributed by atoms with Crippen LogP contribution in [0.1, 0.15) is 34.0 Å². The highest BCUT2D eigenvalue weighted by Gasteiger charge is 2.36. The molecule has 7 nitrogen and oxygen atoms in total. The molecule has 0 spiro atoms. The molecule has 0 saturated heterocycles. The first-order chi connectivity index (χ1) is 16.1. The van der Waals surface area contributed by atoms with Crippen LogP contribution in [0.2, 0.25) is 0 Å². The van der Waals surface area contributed by atoms with Crippen LogP contribution < -0.4 is 11.1 Å². The van der Waals surface area contributed by atoms with Gasteiger partial charge in [-0.2, -0.15) is 18.3 Å². The summed E-state index contributed by atoms with van der Waals surface area (Å²) in [7, 11) is 0. The fourth-order valence-corrected chi connectivity index (χ4v) is 3.59. The topological polar surface area (TPSA) is 106 Å². The van der Waals surface area contributed by atoms with Crippen molar-refractivity contribution in [3.63, 3.8) is 0 Å². The standard InChI is InChI=1S/C23H19F4N5O2/c24-16-6-4-13(5-7-16)19(33)8-9-29-22(34)15-3-1-2-14(10-15)18-11-17(23(25,26)27)20-21(28)30-12-31-32(18)20/h1-7,10-12,19,33H,8-9H2,(H,29,34)(H2,28,30,31). The van der Waals surface area contributed by atoms with Crippen molar-refractivity contribution in [1.29, 1.82) is 0 Å². The maximum Gasteiger partial charge on any atom is 0.418 e. The quantitative estimate of drug-likeness (QED) is 0.367. The largest absolute Gasteiger partial charge is 0.418 e. The predicted molar refractivity (Wildman–Crippen MR) is 116 cm³/mol. The number of benzene rings is 2. The Morgan fingerprint density at radius 1 is 1.15 bits per heavy atom. The molecule has 4 rings (SSSR count). The highest BCUT2D eigenvalue weighted by Crippen LogP contribution is 2.38. The van der Waals surface area contributed by atoms with Gasteiger partial charge < -0.3 is 16.2 Å². The zero-order chi connectivity index (χ0) is 24.5. The van der Waals surface area contributed by atoms with Gasteiger partial charge in [-0.15, -0.1) is 0 Å². The van der Waals surface area contributed by atoms with Crippen molar-refractivity contribution in [2.45, 2.75) is 18.7 Å². The Morgan fingerprint density at radius 2 is 1.88 bits per heavy atom. The van der Waals surface area contributed by atoms with Crippen LogP contribution >= 0.6 is 0 Å². The molecule has 0 bridgehead atoms. The third kappa shape index (κ3) is 4.69. The number of hydrogen-bond donors (Lipinski definition) is 3. The van der Waals surface area contributed by atoms with E-state index < -0.39 is 29.6 Å². The molecule has 0 fully saturated rings. The van der Waals surface area contributed by atoms with Crippen LogP contribution in [0.4, 0.5) is 23.4 Å². The summed E-state index contributed by atoms with van der Waals surface area (Å²) in [4.78, 5) is 16.2. The molecule has 0 aliphatic carbocycles. The van der Waals surface area contributed by atoms with Gasteiger partial charge in [-0.25, -0.2) is 13.9 Å². The number of nitrogens with one attached hydrogen (secondary N) is 1. The number of aliphatic hydroxyl groups excluding tert-OH is 1. The van der Waals surface area contributed by atoms with E-state index in [2.05, 4.69) is 15.4 Å². The van der Waals surface area contributed by atoms with Crippen molar-refractivity contribution in [1.82, 2.24) is 19.9 Å². The molecule has 34 heavy (non-hydrogen) atoms. The third-order valence-corrected chi connectivity index (χ3v) is 5.27. The Morgan fingerprint density at radius 3 is 2.59 bits per heavy atom. The molecule has 11 heteroatoms. The lowest BCUT2D eigenvalue weighted by Gasteiger charge is -2.12. The van der Waals surface area contributed by atoms with Gasteiger partial charge in [-0.1, -0.05) is 24.3 Å². The minimum absolute atomic E-state index is 0.0952. The number of nitrogen functional groups attached to an aromatic ring is 1. The lowest BCUT2D eigenvalue weighted by atomic mass is 10.1. The minimum atomic E-state index is -4.68. The third-order valence-electron chi connectivity index (χ3n) is 5.27. The van der Waals surface area contributed by atoms with Crippen molar-refractivity contribution in [3.8, 4) is 11.3 Å². The highest BCUT2D eigenvalue weighted by atomic mass is 19.4. The molecule has 0 radical (unpaired) electrons. The number of carbonyl (C=O) groups excluding carboxylic acids is 1. The Kier molecular flexibility index (Phi) is 6.20. The van der Waals surface area contributed by atoms with E-state index in [4.69, 9.17) is 5.73 Å². The molecule has 0 aliphatic heterocycles. The molecule has 4 aromatic rings. The molecule has 2 aromatic heterocycles. The number of carbonyl (C=O) groups is 1. The fraction of sp³-hybridized carbons (Fsp3) is 0.174. The predicted octanol–water partition coefficient (Wildman–Crippen LogP) is 3.99. The molecule has 1 atom stereocenters. The number of aromatic nitrogens is 3. The van der Waals surface area contributed by atoms with E-state index >= 15 is 0 Å². The van der Waals surface area contributed by atoms with Crippen LogP contribution in [0.5, 0.6) is 0 Å². The molecule has 1 unspecified atom stereocenters. The Hall–Kier alpha value is -3.99. The average molecular weight is 473 g/mol. The fourth-order valence-electron chi connectivity index (χ4n) is 3.59. The maximum atomic E-state index is 13.6. The number of fused-ring (bicyclic) bond motifs is 1. The second-order valence-corrected chi connectivity index (χ2v) is 7.54. The van der Waals surface area contributed by atoms with Gasteiger partial charge >= 0.3 is 6.18 Å². The molecular weight excluding hydrogens is 454 g/mol. The number of halogens is 4. The number of anilines is 1. The number of aliphatic hydroxyl groups is 1. The molecule has 0 saturated carbocycles. The van der Waals surface area contributed by atoms with Gasteiger partial charge in [0, 0.05) is 17.7 Å². The number of rotatable bonds is 6. The summed E-state index contributed by atoms with van der Waals surface area (Å²) in [5.74, 6) is -1.21. The average Bonchev–Trinajstić information content (AvgIpc) is 3.21. The van der Waals surface area contributed by atoms with Gasteiger partial charge in [0.15, 0.2) is 5.82 Å². The number of amides is 1. The SMILES string of the molecule is Nc1ncnn2c(-c3cccc(C(=O)NCCC(O)c4ccc(F)cc4)c3)cc(C(F)(F)F)c12. The molecule has 176 valence electrons. The van der Waals surface area contributed by atoms with Crippen molar-refractivity contribution in [2.24, 2.45) is 0 Å². The smallest absolute Gasteiger partial charge is 0.388 e. The molecule has 0 aliphatic rings. The molecule has 1 amide bonds.